The fourth-order valence-corrected chi connectivity index (χ4v) is 0.253. The number of primary amides is 1. The first-order valence-corrected chi connectivity index (χ1v) is 2.16. The Kier molecular flexibility index (Phi) is 8.95. The Hall–Kier alpha value is -0.280. The molecule has 8 heavy (non-hydrogen) atoms. The summed E-state index contributed by atoms with van der Waals surface area (Å²) in [4.78, 5) is 9.87. The highest BCUT2D eigenvalue weighted by Crippen LogP contribution is 1.81. The van der Waals surface area contributed by atoms with Crippen molar-refractivity contribution in [3.8, 4) is 0 Å². The first kappa shape index (κ1) is 10.7. The second-order valence-corrected chi connectivity index (χ2v) is 1.29. The number of carbonyl (C=O) groups excluding carboxylic acids is 1. The van der Waals surface area contributed by atoms with Gasteiger partial charge in [0.1, 0.15) is 0 Å². The van der Waals surface area contributed by atoms with Crippen molar-refractivity contribution in [1.29, 1.82) is 0 Å². The molecule has 4 heteroatoms. The molecule has 0 atom stereocenters. The van der Waals surface area contributed by atoms with Crippen molar-refractivity contribution in [2.45, 2.75) is 12.8 Å². The number of rotatable bonds is 3. The second-order valence-electron chi connectivity index (χ2n) is 1.29. The SMILES string of the molecule is Cl.NC(=O)CCCO. The molecule has 0 heterocycles. The summed E-state index contributed by atoms with van der Waals surface area (Å²) in [6, 6.07) is 0. The Morgan fingerprint density at radius 2 is 2.12 bits per heavy atom. The van der Waals surface area contributed by atoms with Gasteiger partial charge in [0, 0.05) is 13.0 Å². The summed E-state index contributed by atoms with van der Waals surface area (Å²) in [5.41, 5.74) is 4.73. The van der Waals surface area contributed by atoms with Crippen LogP contribution in [0, 0.1) is 0 Å². The van der Waals surface area contributed by atoms with Crippen LogP contribution in [0.5, 0.6) is 0 Å². The Bertz CT molecular complexity index is 67.1. The summed E-state index contributed by atoms with van der Waals surface area (Å²) in [5.74, 6) is -0.353. The fraction of sp³-hybridized carbons (Fsp3) is 0.750. The molecule has 0 aliphatic carbocycles. The van der Waals surface area contributed by atoms with Crippen LogP contribution >= 0.6 is 12.4 Å². The van der Waals surface area contributed by atoms with Gasteiger partial charge in [-0.05, 0) is 6.42 Å². The smallest absolute Gasteiger partial charge is 0.217 e. The van der Waals surface area contributed by atoms with Crippen molar-refractivity contribution < 1.29 is 9.90 Å². The van der Waals surface area contributed by atoms with Crippen molar-refractivity contribution in [2.24, 2.45) is 5.73 Å². The maximum Gasteiger partial charge on any atom is 0.217 e. The lowest BCUT2D eigenvalue weighted by Crippen LogP contribution is -2.10. The summed E-state index contributed by atoms with van der Waals surface area (Å²) in [5, 5.41) is 8.11. The van der Waals surface area contributed by atoms with Crippen molar-refractivity contribution in [3.63, 3.8) is 0 Å². The standard InChI is InChI=1S/C4H9NO2.ClH/c5-4(7)2-1-3-6;/h6H,1-3H2,(H2,5,7);1H. The first-order valence-electron chi connectivity index (χ1n) is 2.16. The van der Waals surface area contributed by atoms with Crippen LogP contribution in [0.25, 0.3) is 0 Å². The van der Waals surface area contributed by atoms with Gasteiger partial charge in [-0.1, -0.05) is 0 Å². The molecular formula is C4H10ClNO2. The molecule has 0 aromatic heterocycles. The van der Waals surface area contributed by atoms with Crippen LogP contribution in [0.3, 0.4) is 0 Å². The minimum absolute atomic E-state index is 0. The molecule has 1 amide bonds. The maximum atomic E-state index is 9.87. The second kappa shape index (κ2) is 6.72. The number of hydrogen-bond donors (Lipinski definition) is 2. The largest absolute Gasteiger partial charge is 0.396 e. The molecule has 0 spiro atoms. The van der Waals surface area contributed by atoms with Gasteiger partial charge in [0.15, 0.2) is 0 Å². The molecule has 0 aliphatic rings. The highest BCUT2D eigenvalue weighted by Gasteiger charge is 1.88. The van der Waals surface area contributed by atoms with E-state index in [-0.39, 0.29) is 31.3 Å². The van der Waals surface area contributed by atoms with Crippen LogP contribution in [-0.4, -0.2) is 17.6 Å². The Morgan fingerprint density at radius 3 is 2.25 bits per heavy atom. The summed E-state index contributed by atoms with van der Waals surface area (Å²) in [6.07, 6.45) is 0.770. The van der Waals surface area contributed by atoms with E-state index >= 15 is 0 Å². The number of aliphatic hydroxyl groups excluding tert-OH is 1. The number of halogens is 1. The van der Waals surface area contributed by atoms with E-state index in [0.29, 0.717) is 6.42 Å². The predicted octanol–water partition coefficient (Wildman–Crippen LogP) is -0.334. The van der Waals surface area contributed by atoms with Crippen molar-refractivity contribution in [3.05, 3.63) is 0 Å². The van der Waals surface area contributed by atoms with Crippen molar-refractivity contribution in [2.75, 3.05) is 6.61 Å². The molecule has 0 unspecified atom stereocenters. The Morgan fingerprint density at radius 1 is 1.62 bits per heavy atom. The van der Waals surface area contributed by atoms with E-state index in [9.17, 15) is 4.79 Å². The third kappa shape index (κ3) is 9.21. The average Bonchev–Trinajstić information content (AvgIpc) is 1.61. The highest BCUT2D eigenvalue weighted by molar-refractivity contribution is 5.85. The molecular weight excluding hydrogens is 130 g/mol. The number of nitrogens with two attached hydrogens (primary N) is 1. The Balaban J connectivity index is 0. The van der Waals surface area contributed by atoms with Crippen LogP contribution in [0.4, 0.5) is 0 Å². The van der Waals surface area contributed by atoms with Gasteiger partial charge in [0.2, 0.25) is 5.91 Å². The van der Waals surface area contributed by atoms with Crippen LogP contribution < -0.4 is 5.73 Å². The van der Waals surface area contributed by atoms with Gasteiger partial charge >= 0.3 is 0 Å². The summed E-state index contributed by atoms with van der Waals surface area (Å²) in [7, 11) is 0. The molecule has 50 valence electrons. The molecule has 0 saturated heterocycles. The number of carbonyl (C=O) groups is 1. The molecule has 0 radical (unpaired) electrons. The Labute approximate surface area is 54.3 Å². The van der Waals surface area contributed by atoms with Gasteiger partial charge in [0.25, 0.3) is 0 Å². The topological polar surface area (TPSA) is 63.3 Å². The van der Waals surface area contributed by atoms with E-state index in [0.717, 1.165) is 0 Å². The third-order valence-electron chi connectivity index (χ3n) is 0.581. The summed E-state index contributed by atoms with van der Waals surface area (Å²) in [6.45, 7) is 0.0446. The van der Waals surface area contributed by atoms with Crippen LogP contribution in [0.1, 0.15) is 12.8 Å². The van der Waals surface area contributed by atoms with Crippen LogP contribution in [0.15, 0.2) is 0 Å². The summed E-state index contributed by atoms with van der Waals surface area (Å²) < 4.78 is 0. The van der Waals surface area contributed by atoms with Crippen LogP contribution in [-0.2, 0) is 4.79 Å². The molecule has 0 aromatic carbocycles. The van der Waals surface area contributed by atoms with Gasteiger partial charge < -0.3 is 10.8 Å². The minimum atomic E-state index is -0.353. The van der Waals surface area contributed by atoms with E-state index in [4.69, 9.17) is 10.8 Å². The molecule has 0 fully saturated rings. The van der Waals surface area contributed by atoms with Crippen molar-refractivity contribution in [1.82, 2.24) is 0 Å². The molecule has 0 rings (SSSR count). The lowest BCUT2D eigenvalue weighted by atomic mass is 10.3. The zero-order valence-corrected chi connectivity index (χ0v) is 5.28. The monoisotopic (exact) mass is 139 g/mol. The molecule has 0 aromatic rings. The predicted molar refractivity (Wildman–Crippen MR) is 32.8 cm³/mol. The molecule has 0 saturated carbocycles. The first-order chi connectivity index (χ1) is 3.27. The van der Waals surface area contributed by atoms with Crippen LogP contribution in [0.2, 0.25) is 0 Å². The van der Waals surface area contributed by atoms with Gasteiger partial charge in [-0.15, -0.1) is 12.4 Å². The number of hydrogen-bond acceptors (Lipinski definition) is 2. The number of aliphatic hydroxyl groups is 1. The normalized spacial score (nSPS) is 7.62. The lowest BCUT2D eigenvalue weighted by Gasteiger charge is -1.86. The quantitative estimate of drug-likeness (QED) is 0.562. The summed E-state index contributed by atoms with van der Waals surface area (Å²) >= 11 is 0. The molecule has 0 aliphatic heterocycles. The molecule has 3 nitrogen and oxygen atoms in total. The molecule has 3 N–H and O–H groups in total. The fourth-order valence-electron chi connectivity index (χ4n) is 0.253. The van der Waals surface area contributed by atoms with E-state index in [1.165, 1.54) is 0 Å². The highest BCUT2D eigenvalue weighted by atomic mass is 35.5. The zero-order chi connectivity index (χ0) is 5.70. The number of amides is 1. The third-order valence-corrected chi connectivity index (χ3v) is 0.581. The van der Waals surface area contributed by atoms with Gasteiger partial charge in [-0.25, -0.2) is 0 Å². The van der Waals surface area contributed by atoms with Gasteiger partial charge in [-0.2, -0.15) is 0 Å². The van der Waals surface area contributed by atoms with Crippen molar-refractivity contribution >= 4 is 18.3 Å². The van der Waals surface area contributed by atoms with Gasteiger partial charge in [0.05, 0.1) is 0 Å². The molecule has 0 bridgehead atoms. The zero-order valence-electron chi connectivity index (χ0n) is 4.46. The maximum absolute atomic E-state index is 9.87. The van der Waals surface area contributed by atoms with E-state index in [2.05, 4.69) is 0 Å². The average molecular weight is 140 g/mol. The van der Waals surface area contributed by atoms with Gasteiger partial charge in [-0.3, -0.25) is 4.79 Å². The minimum Gasteiger partial charge on any atom is -0.396 e. The van der Waals surface area contributed by atoms with E-state index < -0.39 is 0 Å². The van der Waals surface area contributed by atoms with E-state index in [1.807, 2.05) is 0 Å². The van der Waals surface area contributed by atoms with E-state index in [1.54, 1.807) is 0 Å². The lowest BCUT2D eigenvalue weighted by molar-refractivity contribution is -0.118.